The molecule has 0 aliphatic carbocycles. The number of nitrogens with zero attached hydrogens (tertiary/aromatic N) is 2. The Bertz CT molecular complexity index is 507. The van der Waals surface area contributed by atoms with E-state index in [1.165, 1.54) is 0 Å². The van der Waals surface area contributed by atoms with Crippen molar-refractivity contribution < 1.29 is 0 Å². The molecule has 0 unspecified atom stereocenters. The third kappa shape index (κ3) is 1.16. The summed E-state index contributed by atoms with van der Waals surface area (Å²) in [5, 5.41) is 10.1. The third-order valence-electron chi connectivity index (χ3n) is 1.91. The van der Waals surface area contributed by atoms with Gasteiger partial charge in [-0.05, 0) is 18.6 Å². The first-order valence-corrected chi connectivity index (χ1v) is 4.14. The van der Waals surface area contributed by atoms with E-state index in [0.717, 1.165) is 10.9 Å². The molecule has 0 fully saturated rings. The van der Waals surface area contributed by atoms with E-state index >= 15 is 0 Å². The van der Waals surface area contributed by atoms with Crippen LogP contribution in [0.3, 0.4) is 0 Å². The van der Waals surface area contributed by atoms with Gasteiger partial charge in [0.1, 0.15) is 17.4 Å². The fraction of sp³-hybridized carbons (Fsp3) is 0.111. The minimum absolute atomic E-state index is 0.333. The summed E-state index contributed by atoms with van der Waals surface area (Å²) in [6.45, 7) is 1.94. The lowest BCUT2D eigenvalue weighted by Crippen LogP contribution is -1.84. The predicted octanol–water partition coefficient (Wildman–Crippen LogP) is 2.40. The molecule has 0 aromatic carbocycles. The van der Waals surface area contributed by atoms with Gasteiger partial charge >= 0.3 is 0 Å². The number of hydrogen-bond donors (Lipinski definition) is 1. The van der Waals surface area contributed by atoms with Gasteiger partial charge in [0, 0.05) is 11.6 Å². The number of fused-ring (bicyclic) bond motifs is 1. The predicted molar refractivity (Wildman–Crippen MR) is 50.6 cm³/mol. The number of aromatic amines is 1. The third-order valence-corrected chi connectivity index (χ3v) is 2.20. The molecular weight excluding hydrogens is 186 g/mol. The van der Waals surface area contributed by atoms with Crippen molar-refractivity contribution in [2.75, 3.05) is 0 Å². The molecule has 3 nitrogen and oxygen atoms in total. The summed E-state index contributed by atoms with van der Waals surface area (Å²) in [7, 11) is 0. The summed E-state index contributed by atoms with van der Waals surface area (Å²) in [6.07, 6.45) is 1.82. The summed E-state index contributed by atoms with van der Waals surface area (Å²) >= 11 is 5.98. The molecule has 0 aliphatic heterocycles. The quantitative estimate of drug-likeness (QED) is 0.695. The van der Waals surface area contributed by atoms with E-state index in [-0.39, 0.29) is 0 Å². The zero-order valence-corrected chi connectivity index (χ0v) is 7.68. The molecule has 0 aliphatic rings. The fourth-order valence-corrected chi connectivity index (χ4v) is 1.64. The van der Waals surface area contributed by atoms with Gasteiger partial charge < -0.3 is 4.98 Å². The topological polar surface area (TPSA) is 52.5 Å². The first-order chi connectivity index (χ1) is 6.22. The van der Waals surface area contributed by atoms with Crippen LogP contribution in [0, 0.1) is 18.3 Å². The van der Waals surface area contributed by atoms with Gasteiger partial charge in [-0.1, -0.05) is 11.6 Å². The summed E-state index contributed by atoms with van der Waals surface area (Å²) < 4.78 is 0. The second-order valence-electron chi connectivity index (χ2n) is 2.80. The van der Waals surface area contributed by atoms with Crippen molar-refractivity contribution in [2.24, 2.45) is 0 Å². The standard InChI is InChI=1S/C9H6ClN3/c1-5-4-12-9-8(5)7(10)2-6(3-11)13-9/h2,4H,1H3,(H,12,13). The molecule has 2 rings (SSSR count). The van der Waals surface area contributed by atoms with Crippen molar-refractivity contribution in [3.63, 3.8) is 0 Å². The normalized spacial score (nSPS) is 10.2. The van der Waals surface area contributed by atoms with E-state index in [9.17, 15) is 0 Å². The largest absolute Gasteiger partial charge is 0.346 e. The highest BCUT2D eigenvalue weighted by Crippen LogP contribution is 2.25. The van der Waals surface area contributed by atoms with Crippen molar-refractivity contribution in [3.05, 3.63) is 28.5 Å². The molecule has 2 aromatic rings. The van der Waals surface area contributed by atoms with Crippen molar-refractivity contribution in [1.82, 2.24) is 9.97 Å². The van der Waals surface area contributed by atoms with Crippen LogP contribution in [0.4, 0.5) is 0 Å². The number of aryl methyl sites for hydroxylation is 1. The maximum Gasteiger partial charge on any atom is 0.144 e. The molecule has 2 heterocycles. The van der Waals surface area contributed by atoms with E-state index in [4.69, 9.17) is 16.9 Å². The van der Waals surface area contributed by atoms with Gasteiger partial charge in [-0.15, -0.1) is 0 Å². The zero-order valence-electron chi connectivity index (χ0n) is 6.93. The Hall–Kier alpha value is -1.53. The van der Waals surface area contributed by atoms with Crippen LogP contribution in [0.25, 0.3) is 11.0 Å². The van der Waals surface area contributed by atoms with E-state index in [2.05, 4.69) is 9.97 Å². The van der Waals surface area contributed by atoms with Crippen molar-refractivity contribution in [2.45, 2.75) is 6.92 Å². The Morgan fingerprint density at radius 1 is 1.62 bits per heavy atom. The van der Waals surface area contributed by atoms with Crippen LogP contribution < -0.4 is 0 Å². The van der Waals surface area contributed by atoms with E-state index in [1.807, 2.05) is 19.2 Å². The molecular formula is C9H6ClN3. The molecule has 0 saturated carbocycles. The molecule has 64 valence electrons. The molecule has 1 N–H and O–H groups in total. The number of pyridine rings is 1. The fourth-order valence-electron chi connectivity index (χ4n) is 1.30. The average molecular weight is 192 g/mol. The molecule has 0 atom stereocenters. The van der Waals surface area contributed by atoms with Gasteiger partial charge in [0.15, 0.2) is 0 Å². The molecule has 2 aromatic heterocycles. The Morgan fingerprint density at radius 3 is 3.08 bits per heavy atom. The van der Waals surface area contributed by atoms with Crippen LogP contribution in [0.2, 0.25) is 5.02 Å². The lowest BCUT2D eigenvalue weighted by atomic mass is 10.2. The lowest BCUT2D eigenvalue weighted by Gasteiger charge is -1.95. The van der Waals surface area contributed by atoms with Crippen molar-refractivity contribution in [3.8, 4) is 6.07 Å². The maximum absolute atomic E-state index is 8.64. The number of aromatic nitrogens is 2. The Labute approximate surface area is 80.0 Å². The SMILES string of the molecule is Cc1c[nH]c2nc(C#N)cc(Cl)c12. The maximum atomic E-state index is 8.64. The second kappa shape index (κ2) is 2.75. The first-order valence-electron chi connectivity index (χ1n) is 3.76. The van der Waals surface area contributed by atoms with Crippen LogP contribution in [0.15, 0.2) is 12.3 Å². The van der Waals surface area contributed by atoms with Crippen molar-refractivity contribution >= 4 is 22.6 Å². The van der Waals surface area contributed by atoms with Gasteiger partial charge in [0.05, 0.1) is 5.02 Å². The molecule has 0 amide bonds. The van der Waals surface area contributed by atoms with Gasteiger partial charge in [0.25, 0.3) is 0 Å². The Morgan fingerprint density at radius 2 is 2.38 bits per heavy atom. The molecule has 0 saturated heterocycles. The minimum atomic E-state index is 0.333. The minimum Gasteiger partial charge on any atom is -0.346 e. The van der Waals surface area contributed by atoms with Crippen molar-refractivity contribution in [1.29, 1.82) is 5.26 Å². The summed E-state index contributed by atoms with van der Waals surface area (Å²) in [6, 6.07) is 3.53. The second-order valence-corrected chi connectivity index (χ2v) is 3.20. The summed E-state index contributed by atoms with van der Waals surface area (Å²) in [5.41, 5.74) is 2.04. The van der Waals surface area contributed by atoms with Gasteiger partial charge in [-0.25, -0.2) is 4.98 Å². The Kier molecular flexibility index (Phi) is 1.71. The van der Waals surface area contributed by atoms with Crippen LogP contribution in [0.5, 0.6) is 0 Å². The molecule has 0 radical (unpaired) electrons. The highest BCUT2D eigenvalue weighted by atomic mass is 35.5. The number of halogens is 1. The lowest BCUT2D eigenvalue weighted by molar-refractivity contribution is 1.28. The molecule has 13 heavy (non-hydrogen) atoms. The van der Waals surface area contributed by atoms with Gasteiger partial charge in [-0.3, -0.25) is 0 Å². The number of nitriles is 1. The monoisotopic (exact) mass is 191 g/mol. The number of rotatable bonds is 0. The number of nitrogens with one attached hydrogen (secondary N) is 1. The van der Waals surface area contributed by atoms with E-state index in [0.29, 0.717) is 16.4 Å². The first kappa shape index (κ1) is 8.09. The molecule has 0 bridgehead atoms. The average Bonchev–Trinajstić information content (AvgIpc) is 2.48. The smallest absolute Gasteiger partial charge is 0.144 e. The van der Waals surface area contributed by atoms with Gasteiger partial charge in [-0.2, -0.15) is 5.26 Å². The Balaban J connectivity index is 2.89. The molecule has 0 spiro atoms. The van der Waals surface area contributed by atoms with E-state index < -0.39 is 0 Å². The molecule has 4 heteroatoms. The van der Waals surface area contributed by atoms with Crippen LogP contribution in [0.1, 0.15) is 11.3 Å². The number of hydrogen-bond acceptors (Lipinski definition) is 2. The number of H-pyrrole nitrogens is 1. The van der Waals surface area contributed by atoms with Crippen LogP contribution >= 0.6 is 11.6 Å². The van der Waals surface area contributed by atoms with Crippen LogP contribution in [-0.2, 0) is 0 Å². The summed E-state index contributed by atoms with van der Waals surface area (Å²) in [4.78, 5) is 7.03. The highest BCUT2D eigenvalue weighted by Gasteiger charge is 2.07. The zero-order chi connectivity index (χ0) is 9.42. The van der Waals surface area contributed by atoms with E-state index in [1.54, 1.807) is 6.07 Å². The van der Waals surface area contributed by atoms with Crippen LogP contribution in [-0.4, -0.2) is 9.97 Å². The van der Waals surface area contributed by atoms with Gasteiger partial charge in [0.2, 0.25) is 0 Å². The summed E-state index contributed by atoms with van der Waals surface area (Å²) in [5.74, 6) is 0. The highest BCUT2D eigenvalue weighted by molar-refractivity contribution is 6.35.